The van der Waals surface area contributed by atoms with Crippen molar-refractivity contribution in [1.29, 1.82) is 0 Å². The maximum absolute atomic E-state index is 13.3. The average Bonchev–Trinajstić information content (AvgIpc) is 3.50. The van der Waals surface area contributed by atoms with E-state index in [0.717, 1.165) is 55.5 Å². The van der Waals surface area contributed by atoms with Crippen molar-refractivity contribution in [2.45, 2.75) is 78.2 Å². The molecule has 1 aromatic carbocycles. The number of nitrogens with one attached hydrogen (secondary N) is 2. The van der Waals surface area contributed by atoms with Crippen LogP contribution in [0.3, 0.4) is 0 Å². The number of hydrogen-bond acceptors (Lipinski definition) is 6. The van der Waals surface area contributed by atoms with Gasteiger partial charge in [0.1, 0.15) is 9.84 Å². The van der Waals surface area contributed by atoms with Crippen molar-refractivity contribution in [1.82, 2.24) is 19.9 Å². The number of hydrogen-bond donors (Lipinski definition) is 2. The third-order valence-corrected chi connectivity index (χ3v) is 8.72. The zero-order valence-electron chi connectivity index (χ0n) is 23.3. The van der Waals surface area contributed by atoms with Crippen LogP contribution in [0.25, 0.3) is 5.65 Å². The van der Waals surface area contributed by atoms with Crippen molar-refractivity contribution in [3.63, 3.8) is 0 Å². The van der Waals surface area contributed by atoms with E-state index < -0.39 is 9.84 Å². The van der Waals surface area contributed by atoms with E-state index in [0.29, 0.717) is 29.7 Å². The average molecular weight is 554 g/mol. The van der Waals surface area contributed by atoms with Crippen molar-refractivity contribution in [3.05, 3.63) is 59.0 Å². The first-order valence-corrected chi connectivity index (χ1v) is 15.7. The van der Waals surface area contributed by atoms with Gasteiger partial charge in [-0.1, -0.05) is 31.4 Å². The smallest absolute Gasteiger partial charge is 0.259 e. The van der Waals surface area contributed by atoms with E-state index in [2.05, 4.69) is 20.7 Å². The van der Waals surface area contributed by atoms with Crippen LogP contribution in [-0.2, 0) is 21.1 Å². The first-order chi connectivity index (χ1) is 18.5. The van der Waals surface area contributed by atoms with Gasteiger partial charge in [-0.25, -0.2) is 17.9 Å². The van der Waals surface area contributed by atoms with Crippen LogP contribution >= 0.6 is 0 Å². The highest BCUT2D eigenvalue weighted by Crippen LogP contribution is 2.42. The van der Waals surface area contributed by atoms with Gasteiger partial charge >= 0.3 is 0 Å². The van der Waals surface area contributed by atoms with Crippen molar-refractivity contribution >= 4 is 33.0 Å². The fourth-order valence-corrected chi connectivity index (χ4v) is 6.29. The number of nitrogens with zero attached hydrogens (tertiary/aromatic N) is 3. The maximum atomic E-state index is 13.3. The number of sulfone groups is 1. The molecule has 0 aliphatic heterocycles. The second-order valence-electron chi connectivity index (χ2n) is 11.1. The summed E-state index contributed by atoms with van der Waals surface area (Å²) in [4.78, 5) is 30.5. The Morgan fingerprint density at radius 2 is 1.79 bits per heavy atom. The normalized spacial score (nSPS) is 15.8. The molecule has 1 saturated carbocycles. The zero-order valence-corrected chi connectivity index (χ0v) is 24.1. The zero-order chi connectivity index (χ0) is 28.2. The van der Waals surface area contributed by atoms with Gasteiger partial charge in [-0.15, -0.1) is 0 Å². The van der Waals surface area contributed by atoms with Crippen LogP contribution < -0.4 is 10.6 Å². The number of carbonyl (C=O) groups is 2. The molecule has 0 radical (unpaired) electrons. The molecule has 2 heterocycles. The summed E-state index contributed by atoms with van der Waals surface area (Å²) in [6.07, 6.45) is 9.36. The van der Waals surface area contributed by atoms with Gasteiger partial charge in [-0.2, -0.15) is 5.10 Å². The van der Waals surface area contributed by atoms with Gasteiger partial charge in [-0.3, -0.25) is 9.59 Å². The molecule has 2 amide bonds. The van der Waals surface area contributed by atoms with Gasteiger partial charge in [0.05, 0.1) is 17.0 Å². The Bertz CT molecular complexity index is 1440. The minimum absolute atomic E-state index is 0.0515. The molecule has 3 aromatic rings. The van der Waals surface area contributed by atoms with E-state index in [9.17, 15) is 18.0 Å². The Balaban J connectivity index is 1.31. The summed E-state index contributed by atoms with van der Waals surface area (Å²) in [6, 6.07) is 9.46. The predicted molar refractivity (Wildman–Crippen MR) is 153 cm³/mol. The van der Waals surface area contributed by atoms with Crippen molar-refractivity contribution in [2.24, 2.45) is 5.41 Å². The summed E-state index contributed by atoms with van der Waals surface area (Å²) >= 11 is 0. The monoisotopic (exact) mass is 553 g/mol. The molecule has 0 bridgehead atoms. The summed E-state index contributed by atoms with van der Waals surface area (Å²) in [5.74, 6) is 0.0127. The minimum Gasteiger partial charge on any atom is -0.353 e. The summed E-state index contributed by atoms with van der Waals surface area (Å²) < 4.78 is 24.6. The van der Waals surface area contributed by atoms with E-state index in [1.165, 1.54) is 6.26 Å². The van der Waals surface area contributed by atoms with Gasteiger partial charge in [0.15, 0.2) is 5.65 Å². The number of unbranched alkanes of at least 4 members (excludes halogenated alkanes) is 1. The molecule has 9 nitrogen and oxygen atoms in total. The van der Waals surface area contributed by atoms with Crippen molar-refractivity contribution < 1.29 is 18.0 Å². The lowest BCUT2D eigenvalue weighted by Crippen LogP contribution is -2.44. The highest BCUT2D eigenvalue weighted by atomic mass is 32.2. The lowest BCUT2D eigenvalue weighted by molar-refractivity contribution is -0.132. The molecule has 1 aliphatic carbocycles. The largest absolute Gasteiger partial charge is 0.353 e. The summed E-state index contributed by atoms with van der Waals surface area (Å²) in [6.45, 7) is 5.74. The quantitative estimate of drug-likeness (QED) is 0.339. The molecular formula is C29H39N5O4S. The first kappa shape index (κ1) is 28.7. The van der Waals surface area contributed by atoms with Crippen LogP contribution in [0.2, 0.25) is 0 Å². The lowest BCUT2D eigenvalue weighted by atomic mass is 9.80. The summed E-state index contributed by atoms with van der Waals surface area (Å²) in [7, 11) is -2.98. The second kappa shape index (κ2) is 11.9. The van der Waals surface area contributed by atoms with E-state index in [-0.39, 0.29) is 29.0 Å². The van der Waals surface area contributed by atoms with E-state index >= 15 is 0 Å². The summed E-state index contributed by atoms with van der Waals surface area (Å²) in [5.41, 5.74) is 4.08. The number of fused-ring (bicyclic) bond motifs is 1. The lowest BCUT2D eigenvalue weighted by Gasteiger charge is -2.29. The fourth-order valence-electron chi connectivity index (χ4n) is 5.56. The molecule has 0 saturated heterocycles. The molecule has 10 heteroatoms. The molecule has 210 valence electrons. The predicted octanol–water partition coefficient (Wildman–Crippen LogP) is 4.42. The number of benzene rings is 1. The molecule has 4 rings (SSSR count). The third kappa shape index (κ3) is 7.23. The van der Waals surface area contributed by atoms with Crippen molar-refractivity contribution in [3.8, 4) is 0 Å². The Hall–Kier alpha value is -3.27. The SMILES string of the molecule is Cc1cc2ncc(C(=O)Nc3ccc(C[C@@H](C)NC(=O)C4(CCCCS(C)(=O)=O)CCCC4)cc3)c(C)n2n1. The molecular weight excluding hydrogens is 514 g/mol. The molecule has 2 N–H and O–H groups in total. The number of carbonyl (C=O) groups excluding carboxylic acids is 2. The van der Waals surface area contributed by atoms with Gasteiger partial charge in [0, 0.05) is 41.4 Å². The van der Waals surface area contributed by atoms with Crippen molar-refractivity contribution in [2.75, 3.05) is 17.3 Å². The number of aromatic nitrogens is 3. The van der Waals surface area contributed by atoms with Crippen LogP contribution in [0.15, 0.2) is 36.5 Å². The van der Waals surface area contributed by atoms with E-state index in [4.69, 9.17) is 0 Å². The molecule has 39 heavy (non-hydrogen) atoms. The van der Waals surface area contributed by atoms with E-state index in [1.54, 1.807) is 10.7 Å². The first-order valence-electron chi connectivity index (χ1n) is 13.7. The number of aryl methyl sites for hydroxylation is 2. The van der Waals surface area contributed by atoms with Crippen LogP contribution in [0.1, 0.15) is 79.2 Å². The Morgan fingerprint density at radius 3 is 2.46 bits per heavy atom. The van der Waals surface area contributed by atoms with Gasteiger partial charge < -0.3 is 10.6 Å². The highest BCUT2D eigenvalue weighted by molar-refractivity contribution is 7.90. The molecule has 1 aliphatic rings. The van der Waals surface area contributed by atoms with Gasteiger partial charge in [-0.05, 0) is 70.6 Å². The van der Waals surface area contributed by atoms with Gasteiger partial charge in [0.2, 0.25) is 5.91 Å². The highest BCUT2D eigenvalue weighted by Gasteiger charge is 2.40. The molecule has 1 fully saturated rings. The van der Waals surface area contributed by atoms with Crippen LogP contribution in [0.5, 0.6) is 0 Å². The third-order valence-electron chi connectivity index (χ3n) is 7.68. The topological polar surface area (TPSA) is 123 Å². The van der Waals surface area contributed by atoms with Crippen LogP contribution in [0.4, 0.5) is 5.69 Å². The second-order valence-corrected chi connectivity index (χ2v) is 13.4. The Morgan fingerprint density at radius 1 is 1.10 bits per heavy atom. The summed E-state index contributed by atoms with van der Waals surface area (Å²) in [5, 5.41) is 10.5. The Kier molecular flexibility index (Phi) is 8.73. The number of anilines is 1. The molecule has 0 unspecified atom stereocenters. The number of rotatable bonds is 11. The number of amides is 2. The van der Waals surface area contributed by atoms with Gasteiger partial charge in [0.25, 0.3) is 5.91 Å². The minimum atomic E-state index is -2.98. The van der Waals surface area contributed by atoms with Crippen LogP contribution in [0, 0.1) is 19.3 Å². The molecule has 1 atom stereocenters. The fraction of sp³-hybridized carbons (Fsp3) is 0.517. The molecule has 0 spiro atoms. The van der Waals surface area contributed by atoms with Crippen LogP contribution in [-0.4, -0.2) is 52.9 Å². The maximum Gasteiger partial charge on any atom is 0.259 e. The molecule has 2 aromatic heterocycles. The Labute approximate surface area is 230 Å². The van der Waals surface area contributed by atoms with E-state index in [1.807, 2.05) is 51.1 Å². The standard InChI is InChI=1S/C29H39N5O4S/c1-20(31-28(36)29(13-5-6-14-29)15-7-8-16-39(4,37)38)17-23-9-11-24(12-10-23)32-27(35)25-19-30-26-18-21(2)33-34(26)22(25)3/h9-12,18-20H,5-8,13-17H2,1-4H3,(H,31,36)(H,32,35)/t20-/m1/s1.